The van der Waals surface area contributed by atoms with Crippen LogP contribution in [0.15, 0.2) is 35.8 Å². The maximum Gasteiger partial charge on any atom is 0.259 e. The maximum atomic E-state index is 11.9. The number of carbonyl (C=O) groups excluding carboxylic acids is 1. The van der Waals surface area contributed by atoms with Gasteiger partial charge in [-0.25, -0.2) is 0 Å². The van der Waals surface area contributed by atoms with Crippen LogP contribution in [0.1, 0.15) is 11.7 Å². The SMILES string of the molecule is CO[C@@H](C(=O)Nc1nncs1)c1ccccc1. The van der Waals surface area contributed by atoms with Gasteiger partial charge in [-0.3, -0.25) is 10.1 Å². The van der Waals surface area contributed by atoms with Crippen molar-refractivity contribution in [2.24, 2.45) is 0 Å². The molecule has 1 aromatic heterocycles. The second-order valence-electron chi connectivity index (χ2n) is 3.26. The molecule has 0 saturated carbocycles. The van der Waals surface area contributed by atoms with Crippen LogP contribution in [0.5, 0.6) is 0 Å². The Morgan fingerprint density at radius 1 is 1.41 bits per heavy atom. The van der Waals surface area contributed by atoms with Crippen LogP contribution in [0.4, 0.5) is 5.13 Å². The summed E-state index contributed by atoms with van der Waals surface area (Å²) in [5.41, 5.74) is 2.36. The number of benzene rings is 1. The van der Waals surface area contributed by atoms with E-state index in [1.54, 1.807) is 5.51 Å². The van der Waals surface area contributed by atoms with Gasteiger partial charge in [0.2, 0.25) is 5.13 Å². The first-order valence-electron chi connectivity index (χ1n) is 4.96. The van der Waals surface area contributed by atoms with Gasteiger partial charge in [0, 0.05) is 7.11 Å². The molecule has 5 nitrogen and oxygen atoms in total. The summed E-state index contributed by atoms with van der Waals surface area (Å²) in [7, 11) is 1.50. The summed E-state index contributed by atoms with van der Waals surface area (Å²) in [4.78, 5) is 11.9. The standard InChI is InChI=1S/C11H11N3O2S/c1-16-9(8-5-3-2-4-6-8)10(15)13-11-14-12-7-17-11/h2-7,9H,1H3,(H,13,14,15)/t9-/m1/s1. The van der Waals surface area contributed by atoms with Crippen molar-refractivity contribution in [2.45, 2.75) is 6.10 Å². The van der Waals surface area contributed by atoms with Crippen molar-refractivity contribution in [3.8, 4) is 0 Å². The van der Waals surface area contributed by atoms with E-state index in [1.807, 2.05) is 30.3 Å². The molecule has 0 radical (unpaired) electrons. The van der Waals surface area contributed by atoms with Gasteiger partial charge in [0.15, 0.2) is 6.10 Å². The van der Waals surface area contributed by atoms with Crippen LogP contribution in [0.25, 0.3) is 0 Å². The molecule has 0 saturated heterocycles. The van der Waals surface area contributed by atoms with Gasteiger partial charge in [0.1, 0.15) is 5.51 Å². The first-order chi connectivity index (χ1) is 8.31. The molecule has 88 valence electrons. The third kappa shape index (κ3) is 2.86. The highest BCUT2D eigenvalue weighted by Crippen LogP contribution is 2.19. The van der Waals surface area contributed by atoms with Crippen molar-refractivity contribution in [1.82, 2.24) is 10.2 Å². The van der Waals surface area contributed by atoms with E-state index in [9.17, 15) is 4.79 Å². The van der Waals surface area contributed by atoms with Crippen molar-refractivity contribution in [3.63, 3.8) is 0 Å². The molecule has 1 heterocycles. The molecule has 0 aliphatic carbocycles. The van der Waals surface area contributed by atoms with Gasteiger partial charge in [0.05, 0.1) is 0 Å². The monoisotopic (exact) mass is 249 g/mol. The topological polar surface area (TPSA) is 64.1 Å². The molecule has 1 amide bonds. The molecule has 2 rings (SSSR count). The van der Waals surface area contributed by atoms with E-state index in [4.69, 9.17) is 4.74 Å². The van der Waals surface area contributed by atoms with Gasteiger partial charge in [-0.15, -0.1) is 10.2 Å². The summed E-state index contributed by atoms with van der Waals surface area (Å²) in [6.45, 7) is 0. The van der Waals surface area contributed by atoms with E-state index in [0.717, 1.165) is 5.56 Å². The van der Waals surface area contributed by atoms with Crippen LogP contribution in [-0.4, -0.2) is 23.2 Å². The largest absolute Gasteiger partial charge is 0.367 e. The number of anilines is 1. The van der Waals surface area contributed by atoms with E-state index >= 15 is 0 Å². The molecule has 0 aliphatic heterocycles. The summed E-state index contributed by atoms with van der Waals surface area (Å²) in [5, 5.41) is 10.5. The van der Waals surface area contributed by atoms with Crippen LogP contribution in [0.2, 0.25) is 0 Å². The lowest BCUT2D eigenvalue weighted by molar-refractivity contribution is -0.126. The fraction of sp³-hybridized carbons (Fsp3) is 0.182. The molecule has 0 fully saturated rings. The number of hydrogen-bond donors (Lipinski definition) is 1. The molecule has 0 bridgehead atoms. The number of nitrogens with one attached hydrogen (secondary N) is 1. The first-order valence-corrected chi connectivity index (χ1v) is 5.84. The van der Waals surface area contributed by atoms with E-state index in [0.29, 0.717) is 5.13 Å². The Hall–Kier alpha value is -1.79. The van der Waals surface area contributed by atoms with E-state index < -0.39 is 6.10 Å². The van der Waals surface area contributed by atoms with E-state index in [1.165, 1.54) is 18.4 Å². The lowest BCUT2D eigenvalue weighted by Gasteiger charge is -2.14. The van der Waals surface area contributed by atoms with Crippen molar-refractivity contribution < 1.29 is 9.53 Å². The van der Waals surface area contributed by atoms with Crippen LogP contribution in [0, 0.1) is 0 Å². The number of hydrogen-bond acceptors (Lipinski definition) is 5. The van der Waals surface area contributed by atoms with Gasteiger partial charge in [0.25, 0.3) is 5.91 Å². The molecule has 6 heteroatoms. The van der Waals surface area contributed by atoms with Crippen LogP contribution in [0.3, 0.4) is 0 Å². The molecular weight excluding hydrogens is 238 g/mol. The summed E-state index contributed by atoms with van der Waals surface area (Å²) < 4.78 is 5.19. The Morgan fingerprint density at radius 3 is 2.76 bits per heavy atom. The number of carbonyl (C=O) groups is 1. The summed E-state index contributed by atoms with van der Waals surface area (Å²) in [5.74, 6) is -0.254. The summed E-state index contributed by atoms with van der Waals surface area (Å²) in [6, 6.07) is 9.29. The minimum atomic E-state index is -0.639. The van der Waals surface area contributed by atoms with Crippen molar-refractivity contribution in [3.05, 3.63) is 41.4 Å². The molecule has 1 atom stereocenters. The third-order valence-corrected chi connectivity index (χ3v) is 2.77. The van der Waals surface area contributed by atoms with Crippen molar-refractivity contribution in [2.75, 3.05) is 12.4 Å². The quantitative estimate of drug-likeness (QED) is 0.898. The minimum absolute atomic E-state index is 0.254. The zero-order valence-corrected chi connectivity index (χ0v) is 9.98. The molecule has 2 aromatic rings. The third-order valence-electron chi connectivity index (χ3n) is 2.17. The van der Waals surface area contributed by atoms with Crippen molar-refractivity contribution >= 4 is 22.4 Å². The van der Waals surface area contributed by atoms with Gasteiger partial charge in [-0.1, -0.05) is 41.7 Å². The minimum Gasteiger partial charge on any atom is -0.367 e. The molecule has 0 spiro atoms. The van der Waals surface area contributed by atoms with Gasteiger partial charge < -0.3 is 4.74 Å². The van der Waals surface area contributed by atoms with Gasteiger partial charge in [-0.2, -0.15) is 0 Å². The number of methoxy groups -OCH3 is 1. The van der Waals surface area contributed by atoms with Crippen LogP contribution >= 0.6 is 11.3 Å². The molecule has 17 heavy (non-hydrogen) atoms. The van der Waals surface area contributed by atoms with Crippen LogP contribution < -0.4 is 5.32 Å². The van der Waals surface area contributed by atoms with Crippen molar-refractivity contribution in [1.29, 1.82) is 0 Å². The summed E-state index contributed by atoms with van der Waals surface area (Å²) >= 11 is 1.26. The highest BCUT2D eigenvalue weighted by atomic mass is 32.1. The maximum absolute atomic E-state index is 11.9. The highest BCUT2D eigenvalue weighted by Gasteiger charge is 2.20. The fourth-order valence-corrected chi connectivity index (χ4v) is 1.87. The fourth-order valence-electron chi connectivity index (χ4n) is 1.42. The number of amides is 1. The zero-order valence-electron chi connectivity index (χ0n) is 9.16. The average Bonchev–Trinajstić information content (AvgIpc) is 2.84. The molecular formula is C11H11N3O2S. The van der Waals surface area contributed by atoms with Gasteiger partial charge in [-0.05, 0) is 5.56 Å². The molecule has 0 aliphatic rings. The predicted molar refractivity (Wildman–Crippen MR) is 64.7 cm³/mol. The second-order valence-corrected chi connectivity index (χ2v) is 4.09. The normalized spacial score (nSPS) is 12.1. The molecule has 1 N–H and O–H groups in total. The Morgan fingerprint density at radius 2 is 2.18 bits per heavy atom. The first kappa shape index (κ1) is 11.7. The van der Waals surface area contributed by atoms with E-state index in [-0.39, 0.29) is 5.91 Å². The zero-order chi connectivity index (χ0) is 12.1. The second kappa shape index (κ2) is 5.51. The Labute approximate surface area is 102 Å². The smallest absolute Gasteiger partial charge is 0.259 e. The Balaban J connectivity index is 2.11. The van der Waals surface area contributed by atoms with Gasteiger partial charge >= 0.3 is 0 Å². The molecule has 1 aromatic carbocycles. The predicted octanol–water partition coefficient (Wildman–Crippen LogP) is 1.86. The van der Waals surface area contributed by atoms with Crippen LogP contribution in [-0.2, 0) is 9.53 Å². The lowest BCUT2D eigenvalue weighted by Crippen LogP contribution is -2.22. The Bertz CT molecular complexity index is 473. The number of aromatic nitrogens is 2. The average molecular weight is 249 g/mol. The number of nitrogens with zero attached hydrogens (tertiary/aromatic N) is 2. The molecule has 0 unspecified atom stereocenters. The highest BCUT2D eigenvalue weighted by molar-refractivity contribution is 7.13. The lowest BCUT2D eigenvalue weighted by atomic mass is 10.1. The number of ether oxygens (including phenoxy) is 1. The van der Waals surface area contributed by atoms with E-state index in [2.05, 4.69) is 15.5 Å². The Kier molecular flexibility index (Phi) is 3.79. The summed E-state index contributed by atoms with van der Waals surface area (Å²) in [6.07, 6.45) is -0.639. The number of rotatable bonds is 4.